The molecular weight excluding hydrogens is 284 g/mol. The maximum atomic E-state index is 12.4. The highest BCUT2D eigenvalue weighted by molar-refractivity contribution is 5.98. The van der Waals surface area contributed by atoms with Gasteiger partial charge in [0.1, 0.15) is 0 Å². The Balaban J connectivity index is 0.000000924. The number of hydrogen-bond donors (Lipinski definition) is 1. The Morgan fingerprint density at radius 1 is 1.43 bits per heavy atom. The number of hydrogen-bond acceptors (Lipinski definition) is 2. The molecule has 2 nitrogen and oxygen atoms in total. The zero-order valence-electron chi connectivity index (χ0n) is 14.4. The zero-order valence-corrected chi connectivity index (χ0v) is 14.4. The fraction of sp³-hybridized carbons (Fsp3) is 0.571. The quantitative estimate of drug-likeness (QED) is 0.296. The number of Topliss-reactive ketones (excluding diaryl/α,β-unsaturated/α-hetero) is 1. The third-order valence-corrected chi connectivity index (χ3v) is 6.31. The van der Waals surface area contributed by atoms with Crippen LogP contribution < -0.4 is 0 Å². The number of terminal acetylenes is 1. The van der Waals surface area contributed by atoms with E-state index in [-0.39, 0.29) is 22.5 Å². The van der Waals surface area contributed by atoms with Gasteiger partial charge < -0.3 is 5.11 Å². The lowest BCUT2D eigenvalue weighted by molar-refractivity contribution is -0.126. The van der Waals surface area contributed by atoms with E-state index in [1.807, 2.05) is 6.92 Å². The minimum Gasteiger partial charge on any atom is -0.515 e. The molecule has 0 saturated heterocycles. The van der Waals surface area contributed by atoms with Gasteiger partial charge in [-0.05, 0) is 55.4 Å². The summed E-state index contributed by atoms with van der Waals surface area (Å²) in [6, 6.07) is 0. The second-order valence-electron chi connectivity index (χ2n) is 7.28. The number of carbonyl (C=O) groups is 1. The van der Waals surface area contributed by atoms with Gasteiger partial charge in [0.05, 0.1) is 11.7 Å². The Kier molecular flexibility index (Phi) is 4.90. The molecule has 1 N–H and O–H groups in total. The summed E-state index contributed by atoms with van der Waals surface area (Å²) < 4.78 is 0. The maximum absolute atomic E-state index is 12.4. The molecule has 3 aliphatic carbocycles. The molecule has 0 radical (unpaired) electrons. The number of rotatable bonds is 0. The van der Waals surface area contributed by atoms with Gasteiger partial charge in [0.25, 0.3) is 0 Å². The van der Waals surface area contributed by atoms with E-state index >= 15 is 0 Å². The number of aliphatic hydroxyl groups is 1. The lowest BCUT2D eigenvalue weighted by atomic mass is 9.46. The molecule has 2 fully saturated rings. The summed E-state index contributed by atoms with van der Waals surface area (Å²) in [5, 5.41) is 9.46. The molecular formula is C21H28O2. The van der Waals surface area contributed by atoms with Crippen LogP contribution in [0.15, 0.2) is 36.6 Å². The van der Waals surface area contributed by atoms with E-state index in [1.165, 1.54) is 5.57 Å². The van der Waals surface area contributed by atoms with Crippen LogP contribution in [0.25, 0.3) is 0 Å². The van der Waals surface area contributed by atoms with Gasteiger partial charge in [-0.1, -0.05) is 25.8 Å². The summed E-state index contributed by atoms with van der Waals surface area (Å²) in [6.45, 7) is 10.3. The Morgan fingerprint density at radius 2 is 2.13 bits per heavy atom. The van der Waals surface area contributed by atoms with Crippen molar-refractivity contribution in [3.63, 3.8) is 0 Å². The number of allylic oxidation sites excluding steroid dienone is 3. The molecule has 3 rings (SSSR count). The monoisotopic (exact) mass is 312 g/mol. The first-order valence-corrected chi connectivity index (χ1v) is 8.55. The van der Waals surface area contributed by atoms with E-state index in [4.69, 9.17) is 6.42 Å². The first kappa shape index (κ1) is 17.6. The predicted molar refractivity (Wildman–Crippen MR) is 94.8 cm³/mol. The van der Waals surface area contributed by atoms with Crippen LogP contribution in [0.5, 0.6) is 0 Å². The topological polar surface area (TPSA) is 37.3 Å². The van der Waals surface area contributed by atoms with Gasteiger partial charge in [0.2, 0.25) is 0 Å². The molecule has 0 aromatic carbocycles. The third-order valence-electron chi connectivity index (χ3n) is 6.31. The van der Waals surface area contributed by atoms with Crippen molar-refractivity contribution in [2.75, 3.05) is 0 Å². The highest BCUT2D eigenvalue weighted by Gasteiger charge is 2.56. The van der Waals surface area contributed by atoms with Gasteiger partial charge in [0.15, 0.2) is 5.78 Å². The Labute approximate surface area is 140 Å². The molecule has 0 heterocycles. The fourth-order valence-corrected chi connectivity index (χ4v) is 5.26. The summed E-state index contributed by atoms with van der Waals surface area (Å²) in [4.78, 5) is 12.4. The molecule has 2 heteroatoms. The lowest BCUT2D eigenvalue weighted by Crippen LogP contribution is -2.51. The smallest absolute Gasteiger partial charge is 0.165 e. The van der Waals surface area contributed by atoms with Crippen LogP contribution in [-0.2, 0) is 4.79 Å². The van der Waals surface area contributed by atoms with Crippen molar-refractivity contribution in [1.82, 2.24) is 0 Å². The van der Waals surface area contributed by atoms with Crippen molar-refractivity contribution in [3.8, 4) is 12.3 Å². The highest BCUT2D eigenvalue weighted by atomic mass is 16.2. The van der Waals surface area contributed by atoms with Crippen molar-refractivity contribution >= 4 is 5.78 Å². The molecule has 0 spiro atoms. The Morgan fingerprint density at radius 3 is 2.74 bits per heavy atom. The van der Waals surface area contributed by atoms with Gasteiger partial charge in [-0.25, -0.2) is 0 Å². The first-order valence-electron chi connectivity index (χ1n) is 8.55. The average molecular weight is 312 g/mol. The van der Waals surface area contributed by atoms with Crippen molar-refractivity contribution in [2.45, 2.75) is 52.4 Å². The first-order chi connectivity index (χ1) is 11.0. The molecule has 0 aromatic rings. The van der Waals surface area contributed by atoms with Crippen LogP contribution in [0, 0.1) is 35.0 Å². The van der Waals surface area contributed by atoms with E-state index in [1.54, 1.807) is 0 Å². The van der Waals surface area contributed by atoms with Gasteiger partial charge in [-0.3, -0.25) is 4.79 Å². The molecule has 0 amide bonds. The van der Waals surface area contributed by atoms with Crippen molar-refractivity contribution in [3.05, 3.63) is 36.6 Å². The van der Waals surface area contributed by atoms with E-state index < -0.39 is 0 Å². The van der Waals surface area contributed by atoms with Gasteiger partial charge >= 0.3 is 0 Å². The normalized spacial score (nSPS) is 40.8. The standard InChI is InChI=1S/C19H24O2.C2H4/c1-4-19-9-6-5-7-16(19)18(3)11-14(12-20)17(21)13(2)15(18)8-10-19;1-2/h1,7,12-13,15,20H,5-6,8-11H2,2-3H3;1-2H2/b14-12-;. The number of ketones is 1. The van der Waals surface area contributed by atoms with E-state index in [0.29, 0.717) is 17.9 Å². The van der Waals surface area contributed by atoms with Crippen molar-refractivity contribution in [1.29, 1.82) is 0 Å². The fourth-order valence-electron chi connectivity index (χ4n) is 5.26. The molecule has 124 valence electrons. The Bertz CT molecular complexity index is 591. The summed E-state index contributed by atoms with van der Waals surface area (Å²) >= 11 is 0. The van der Waals surface area contributed by atoms with Crippen molar-refractivity contribution in [2.24, 2.45) is 22.7 Å². The summed E-state index contributed by atoms with van der Waals surface area (Å²) in [6.07, 6.45) is 15.3. The zero-order chi connectivity index (χ0) is 17.3. The molecule has 2 saturated carbocycles. The van der Waals surface area contributed by atoms with Crippen LogP contribution in [-0.4, -0.2) is 10.9 Å². The summed E-state index contributed by atoms with van der Waals surface area (Å²) in [5.74, 6) is 3.54. The number of carbonyl (C=O) groups excluding carboxylic acids is 1. The van der Waals surface area contributed by atoms with Crippen LogP contribution in [0.3, 0.4) is 0 Å². The second kappa shape index (κ2) is 6.40. The largest absolute Gasteiger partial charge is 0.515 e. The van der Waals surface area contributed by atoms with Gasteiger partial charge in [0, 0.05) is 11.5 Å². The molecule has 0 bridgehead atoms. The second-order valence-corrected chi connectivity index (χ2v) is 7.28. The van der Waals surface area contributed by atoms with Gasteiger partial charge in [-0.15, -0.1) is 19.6 Å². The SMILES string of the molecule is C#CC12CCCC=C1C1(C)C/C(=C/O)C(=O)C(C)C1CC2.C=C. The number of fused-ring (bicyclic) bond motifs is 3. The average Bonchev–Trinajstić information content (AvgIpc) is 2.60. The third kappa shape index (κ3) is 2.47. The number of aliphatic hydroxyl groups excluding tert-OH is 1. The van der Waals surface area contributed by atoms with E-state index in [0.717, 1.165) is 38.4 Å². The van der Waals surface area contributed by atoms with Gasteiger partial charge in [-0.2, -0.15) is 0 Å². The minimum atomic E-state index is -0.107. The summed E-state index contributed by atoms with van der Waals surface area (Å²) in [7, 11) is 0. The molecule has 4 unspecified atom stereocenters. The lowest BCUT2D eigenvalue weighted by Gasteiger charge is -2.56. The molecule has 23 heavy (non-hydrogen) atoms. The molecule has 4 atom stereocenters. The summed E-state index contributed by atoms with van der Waals surface area (Å²) in [5.41, 5.74) is 1.76. The molecule has 0 aliphatic heterocycles. The predicted octanol–water partition coefficient (Wildman–Crippen LogP) is 4.99. The Hall–Kier alpha value is -1.75. The van der Waals surface area contributed by atoms with Crippen LogP contribution in [0.1, 0.15) is 52.4 Å². The molecule has 3 aliphatic rings. The van der Waals surface area contributed by atoms with E-state index in [9.17, 15) is 9.90 Å². The van der Waals surface area contributed by atoms with Crippen LogP contribution in [0.4, 0.5) is 0 Å². The molecule has 0 aromatic heterocycles. The van der Waals surface area contributed by atoms with E-state index in [2.05, 4.69) is 32.1 Å². The van der Waals surface area contributed by atoms with Crippen molar-refractivity contribution < 1.29 is 9.90 Å². The van der Waals surface area contributed by atoms with Crippen LogP contribution >= 0.6 is 0 Å². The van der Waals surface area contributed by atoms with Crippen LogP contribution in [0.2, 0.25) is 0 Å². The highest BCUT2D eigenvalue weighted by Crippen LogP contribution is 2.63. The minimum absolute atomic E-state index is 0.0271. The maximum Gasteiger partial charge on any atom is 0.165 e.